The van der Waals surface area contributed by atoms with E-state index in [1.54, 1.807) is 30.4 Å². The van der Waals surface area contributed by atoms with Gasteiger partial charge in [-0.15, -0.1) is 0 Å². The molecule has 1 aliphatic heterocycles. The van der Waals surface area contributed by atoms with Gasteiger partial charge in [-0.25, -0.2) is 0 Å². The van der Waals surface area contributed by atoms with Crippen LogP contribution in [-0.2, 0) is 0 Å². The molecular weight excluding hydrogens is 312 g/mol. The Kier molecular flexibility index (Phi) is 4.59. The van der Waals surface area contributed by atoms with E-state index in [2.05, 4.69) is 0 Å². The van der Waals surface area contributed by atoms with Crippen LogP contribution in [0, 0.1) is 0 Å². The van der Waals surface area contributed by atoms with Gasteiger partial charge in [0.05, 0.1) is 13.2 Å². The highest BCUT2D eigenvalue weighted by Gasteiger charge is 2.33. The molecule has 126 valence electrons. The minimum atomic E-state index is -0.639. The van der Waals surface area contributed by atoms with Crippen molar-refractivity contribution in [1.29, 1.82) is 0 Å². The van der Waals surface area contributed by atoms with Crippen LogP contribution >= 0.6 is 0 Å². The zero-order valence-corrected chi connectivity index (χ0v) is 12.8. The van der Waals surface area contributed by atoms with E-state index in [9.17, 15) is 15.3 Å². The van der Waals surface area contributed by atoms with E-state index in [0.717, 1.165) is 5.56 Å². The van der Waals surface area contributed by atoms with Crippen LogP contribution in [0.5, 0.6) is 23.0 Å². The van der Waals surface area contributed by atoms with Crippen LogP contribution < -0.4 is 9.47 Å². The number of aliphatic hydroxyl groups is 2. The third kappa shape index (κ3) is 3.15. The Hall–Kier alpha value is -2.70. The van der Waals surface area contributed by atoms with Crippen molar-refractivity contribution in [3.8, 4) is 23.0 Å². The van der Waals surface area contributed by atoms with E-state index in [0.29, 0.717) is 17.1 Å². The van der Waals surface area contributed by atoms with Crippen LogP contribution in [-0.4, -0.2) is 39.7 Å². The molecule has 2 aromatic carbocycles. The number of rotatable bonds is 4. The van der Waals surface area contributed by atoms with E-state index in [-0.39, 0.29) is 24.7 Å². The number of aliphatic hydroxyl groups excluding tert-OH is 2. The monoisotopic (exact) mass is 330 g/mol. The third-order valence-electron chi connectivity index (χ3n) is 3.76. The molecule has 0 bridgehead atoms. The van der Waals surface area contributed by atoms with Gasteiger partial charge >= 0.3 is 0 Å². The van der Waals surface area contributed by atoms with Gasteiger partial charge in [-0.3, -0.25) is 0 Å². The summed E-state index contributed by atoms with van der Waals surface area (Å²) in [4.78, 5) is 0. The Bertz CT molecular complexity index is 755. The predicted octanol–water partition coefficient (Wildman–Crippen LogP) is 1.98. The maximum absolute atomic E-state index is 9.68. The number of hydrogen-bond donors (Lipinski definition) is 4. The van der Waals surface area contributed by atoms with Crippen molar-refractivity contribution in [2.75, 3.05) is 13.2 Å². The molecule has 4 N–H and O–H groups in total. The number of phenols is 2. The van der Waals surface area contributed by atoms with Gasteiger partial charge in [-0.2, -0.15) is 0 Å². The molecule has 0 amide bonds. The molecule has 0 unspecified atom stereocenters. The second kappa shape index (κ2) is 6.82. The van der Waals surface area contributed by atoms with Crippen molar-refractivity contribution in [1.82, 2.24) is 0 Å². The fourth-order valence-electron chi connectivity index (χ4n) is 2.58. The molecule has 1 heterocycles. The largest absolute Gasteiger partial charge is 0.504 e. The Morgan fingerprint density at radius 1 is 0.917 bits per heavy atom. The summed E-state index contributed by atoms with van der Waals surface area (Å²) in [6, 6.07) is 9.66. The maximum atomic E-state index is 9.68. The third-order valence-corrected chi connectivity index (χ3v) is 3.76. The van der Waals surface area contributed by atoms with Crippen LogP contribution in [0.4, 0.5) is 0 Å². The van der Waals surface area contributed by atoms with Gasteiger partial charge in [0.2, 0.25) is 0 Å². The summed E-state index contributed by atoms with van der Waals surface area (Å²) < 4.78 is 11.7. The first kappa shape index (κ1) is 16.2. The number of aromatic hydroxyl groups is 2. The molecule has 24 heavy (non-hydrogen) atoms. The first-order valence-electron chi connectivity index (χ1n) is 7.50. The van der Waals surface area contributed by atoms with Gasteiger partial charge in [0.25, 0.3) is 0 Å². The normalized spacial score (nSPS) is 19.6. The molecule has 1 aliphatic rings. The fourth-order valence-corrected chi connectivity index (χ4v) is 2.58. The van der Waals surface area contributed by atoms with Gasteiger partial charge in [0.15, 0.2) is 35.2 Å². The lowest BCUT2D eigenvalue weighted by Gasteiger charge is -2.33. The van der Waals surface area contributed by atoms with Crippen molar-refractivity contribution in [2.45, 2.75) is 12.2 Å². The van der Waals surface area contributed by atoms with E-state index >= 15 is 0 Å². The lowest BCUT2D eigenvalue weighted by Crippen LogP contribution is -2.36. The van der Waals surface area contributed by atoms with Crippen LogP contribution in [0.2, 0.25) is 0 Å². The second-order valence-corrected chi connectivity index (χ2v) is 5.42. The first-order valence-corrected chi connectivity index (χ1v) is 7.50. The lowest BCUT2D eigenvalue weighted by molar-refractivity contribution is -0.0124. The van der Waals surface area contributed by atoms with Crippen LogP contribution in [0.1, 0.15) is 17.2 Å². The van der Waals surface area contributed by atoms with Gasteiger partial charge in [0.1, 0.15) is 0 Å². The molecule has 0 saturated heterocycles. The molecule has 0 fully saturated rings. The molecule has 6 nitrogen and oxygen atoms in total. The molecule has 0 spiro atoms. The van der Waals surface area contributed by atoms with E-state index in [4.69, 9.17) is 14.6 Å². The number of benzene rings is 2. The molecule has 2 atom stereocenters. The molecule has 0 radical (unpaired) electrons. The highest BCUT2D eigenvalue weighted by atomic mass is 16.6. The van der Waals surface area contributed by atoms with E-state index in [1.807, 2.05) is 6.07 Å². The van der Waals surface area contributed by atoms with Crippen molar-refractivity contribution in [3.05, 3.63) is 53.6 Å². The Balaban J connectivity index is 1.94. The summed E-state index contributed by atoms with van der Waals surface area (Å²) in [7, 11) is 0. The van der Waals surface area contributed by atoms with Crippen molar-refractivity contribution >= 4 is 6.08 Å². The molecule has 0 saturated carbocycles. The SMILES string of the molecule is OC/C=C/c1ccc2c(c1)O[C@H](c1ccc(O)c(O)c1)[C@@H](CO)O2. The summed E-state index contributed by atoms with van der Waals surface area (Å²) in [6.45, 7) is -0.325. The first-order chi connectivity index (χ1) is 11.6. The lowest BCUT2D eigenvalue weighted by atomic mass is 10.0. The summed E-state index contributed by atoms with van der Waals surface area (Å²) in [5.41, 5.74) is 1.41. The second-order valence-electron chi connectivity index (χ2n) is 5.42. The minimum Gasteiger partial charge on any atom is -0.504 e. The topological polar surface area (TPSA) is 99.4 Å². The highest BCUT2D eigenvalue weighted by Crippen LogP contribution is 2.41. The van der Waals surface area contributed by atoms with Gasteiger partial charge in [-0.1, -0.05) is 24.3 Å². The van der Waals surface area contributed by atoms with Crippen molar-refractivity contribution < 1.29 is 29.9 Å². The zero-order chi connectivity index (χ0) is 17.1. The standard InChI is InChI=1S/C18H18O6/c19-7-1-2-11-3-6-15-16(8-11)24-18(17(10-20)23-15)12-4-5-13(21)14(22)9-12/h1-6,8-9,17-22H,7,10H2/b2-1+/t17-,18-/m1/s1. The zero-order valence-electron chi connectivity index (χ0n) is 12.8. The average Bonchev–Trinajstić information content (AvgIpc) is 2.61. The smallest absolute Gasteiger partial charge is 0.163 e. The summed E-state index contributed by atoms with van der Waals surface area (Å²) >= 11 is 0. The summed E-state index contributed by atoms with van der Waals surface area (Å²) in [5.74, 6) is 0.512. The molecule has 2 aromatic rings. The number of fused-ring (bicyclic) bond motifs is 1. The Morgan fingerprint density at radius 2 is 1.75 bits per heavy atom. The number of hydrogen-bond acceptors (Lipinski definition) is 6. The van der Waals surface area contributed by atoms with E-state index < -0.39 is 12.2 Å². The summed E-state index contributed by atoms with van der Waals surface area (Å²) in [5, 5.41) is 37.6. The van der Waals surface area contributed by atoms with Crippen molar-refractivity contribution in [2.24, 2.45) is 0 Å². The van der Waals surface area contributed by atoms with Crippen LogP contribution in [0.25, 0.3) is 6.08 Å². The Labute approximate surface area is 138 Å². The number of ether oxygens (including phenoxy) is 2. The van der Waals surface area contributed by atoms with Gasteiger partial charge in [-0.05, 0) is 29.8 Å². The van der Waals surface area contributed by atoms with Gasteiger partial charge < -0.3 is 29.9 Å². The quantitative estimate of drug-likeness (QED) is 0.640. The van der Waals surface area contributed by atoms with Gasteiger partial charge in [0, 0.05) is 5.56 Å². The number of phenolic OH excluding ortho intramolecular Hbond substituents is 2. The van der Waals surface area contributed by atoms with Crippen LogP contribution in [0.15, 0.2) is 42.5 Å². The predicted molar refractivity (Wildman–Crippen MR) is 87.2 cm³/mol. The highest BCUT2D eigenvalue weighted by molar-refractivity contribution is 5.56. The molecule has 0 aromatic heterocycles. The molecular formula is C18H18O6. The summed E-state index contributed by atoms with van der Waals surface area (Å²) in [6.07, 6.45) is 2.09. The Morgan fingerprint density at radius 3 is 2.46 bits per heavy atom. The molecule has 0 aliphatic carbocycles. The maximum Gasteiger partial charge on any atom is 0.163 e. The van der Waals surface area contributed by atoms with E-state index in [1.165, 1.54) is 12.1 Å². The average molecular weight is 330 g/mol. The fraction of sp³-hybridized carbons (Fsp3) is 0.222. The molecule has 3 rings (SSSR count). The van der Waals surface area contributed by atoms with Crippen molar-refractivity contribution in [3.63, 3.8) is 0 Å². The van der Waals surface area contributed by atoms with Crippen LogP contribution in [0.3, 0.4) is 0 Å². The molecule has 6 heteroatoms. The minimum absolute atomic E-state index is 0.0591.